The van der Waals surface area contributed by atoms with E-state index in [4.69, 9.17) is 13.1 Å². The Morgan fingerprint density at radius 2 is 1.20 bits per heavy atom. The molecule has 0 fully saturated rings. The zero-order chi connectivity index (χ0) is 38.5. The van der Waals surface area contributed by atoms with Crippen LogP contribution in [0.25, 0.3) is 70.6 Å². The molecule has 8 aromatic rings. The van der Waals surface area contributed by atoms with E-state index in [1.165, 1.54) is 4.90 Å². The van der Waals surface area contributed by atoms with Crippen molar-refractivity contribution in [1.82, 2.24) is 4.57 Å². The second kappa shape index (κ2) is 13.1. The highest BCUT2D eigenvalue weighted by Crippen LogP contribution is 2.46. The molecule has 0 unspecified atom stereocenters. The van der Waals surface area contributed by atoms with Crippen LogP contribution in [0.15, 0.2) is 146 Å². The maximum atomic E-state index is 14.8. The fraction of sp³-hybridized carbons (Fsp3) is 0. The van der Waals surface area contributed by atoms with E-state index in [1.807, 2.05) is 95.6 Å². The van der Waals surface area contributed by atoms with Crippen LogP contribution in [0.2, 0.25) is 0 Å². The Morgan fingerprint density at radius 3 is 1.89 bits per heavy atom. The number of nitriles is 2. The van der Waals surface area contributed by atoms with Crippen molar-refractivity contribution >= 4 is 50.7 Å². The number of amides is 2. The summed E-state index contributed by atoms with van der Waals surface area (Å²) >= 11 is 0. The Morgan fingerprint density at radius 1 is 0.536 bits per heavy atom. The molecule has 0 bridgehead atoms. The molecule has 8 nitrogen and oxygen atoms in total. The molecule has 7 aromatic carbocycles. The summed E-state index contributed by atoms with van der Waals surface area (Å²) in [6.07, 6.45) is 0. The number of imide groups is 1. The van der Waals surface area contributed by atoms with Crippen LogP contribution < -0.4 is 4.90 Å². The zero-order valence-corrected chi connectivity index (χ0v) is 29.4. The van der Waals surface area contributed by atoms with E-state index in [9.17, 15) is 20.1 Å². The number of carbonyl (C=O) groups excluding carboxylic acids is 2. The minimum atomic E-state index is -0.491. The van der Waals surface area contributed by atoms with Crippen LogP contribution in [0.4, 0.5) is 17.1 Å². The molecule has 0 spiro atoms. The summed E-state index contributed by atoms with van der Waals surface area (Å²) in [7, 11) is 0. The predicted molar refractivity (Wildman–Crippen MR) is 217 cm³/mol. The topological polar surface area (TPSA) is 98.6 Å². The molecule has 2 amide bonds. The number of benzene rings is 7. The van der Waals surface area contributed by atoms with Crippen molar-refractivity contribution in [1.29, 1.82) is 10.5 Å². The van der Waals surface area contributed by atoms with E-state index in [1.54, 1.807) is 54.6 Å². The first kappa shape index (κ1) is 33.3. The maximum absolute atomic E-state index is 14.8. The smallest absolute Gasteiger partial charge is 0.268 e. The van der Waals surface area contributed by atoms with Gasteiger partial charge in [0.15, 0.2) is 11.4 Å². The van der Waals surface area contributed by atoms with Crippen molar-refractivity contribution in [2.45, 2.75) is 0 Å². The molecule has 8 heteroatoms. The second-order valence-corrected chi connectivity index (χ2v) is 13.2. The SMILES string of the molecule is [C-]#[N+]c1ccc(-c2cccc3c4cccc(-c5ccc(C#N)cc5C#N)c4n(-c4cccc5c4C(=O)N(c4cccc(-c6ccccc6)c4)C5=O)c23)c([N+]#[C-])c1. The molecule has 1 aliphatic rings. The van der Waals surface area contributed by atoms with Gasteiger partial charge in [-0.05, 0) is 58.7 Å². The predicted octanol–water partition coefficient (Wildman–Crippen LogP) is 11.4. The van der Waals surface area contributed by atoms with Crippen molar-refractivity contribution in [3.63, 3.8) is 0 Å². The molecule has 0 aliphatic carbocycles. The fourth-order valence-corrected chi connectivity index (χ4v) is 7.79. The third-order valence-electron chi connectivity index (χ3n) is 10.2. The van der Waals surface area contributed by atoms with E-state index in [0.29, 0.717) is 61.5 Å². The third-order valence-corrected chi connectivity index (χ3v) is 10.2. The number of hydrogen-bond acceptors (Lipinski definition) is 4. The van der Waals surface area contributed by atoms with Gasteiger partial charge in [0, 0.05) is 21.9 Å². The molecule has 0 saturated heterocycles. The van der Waals surface area contributed by atoms with Crippen molar-refractivity contribution in [2.24, 2.45) is 0 Å². The van der Waals surface area contributed by atoms with Gasteiger partial charge in [0.1, 0.15) is 0 Å². The molecule has 258 valence electrons. The van der Waals surface area contributed by atoms with Gasteiger partial charge >= 0.3 is 0 Å². The van der Waals surface area contributed by atoms with Crippen LogP contribution in [0, 0.1) is 35.8 Å². The highest BCUT2D eigenvalue weighted by molar-refractivity contribution is 6.36. The average Bonchev–Trinajstić information content (AvgIpc) is 3.74. The third kappa shape index (κ3) is 5.04. The van der Waals surface area contributed by atoms with E-state index in [2.05, 4.69) is 21.8 Å². The molecule has 9 rings (SSSR count). The van der Waals surface area contributed by atoms with Crippen molar-refractivity contribution in [3.05, 3.63) is 191 Å². The normalized spacial score (nSPS) is 11.9. The first-order valence-corrected chi connectivity index (χ1v) is 17.5. The summed E-state index contributed by atoms with van der Waals surface area (Å²) in [4.78, 5) is 37.7. The molecule has 2 heterocycles. The van der Waals surface area contributed by atoms with Gasteiger partial charge in [-0.15, -0.1) is 0 Å². The highest BCUT2D eigenvalue weighted by atomic mass is 16.2. The Bertz CT molecular complexity index is 3050. The van der Waals surface area contributed by atoms with Crippen molar-refractivity contribution in [3.8, 4) is 51.2 Å². The summed E-state index contributed by atoms with van der Waals surface area (Å²) in [5.41, 5.74) is 8.23. The van der Waals surface area contributed by atoms with Crippen LogP contribution in [-0.2, 0) is 0 Å². The standard InChI is InChI=1S/C48H24N6O2/c1-51-33-21-23-36(42(26-33)52-2)38-15-8-17-40-39-16-7-14-37(35-22-20-29(27-49)24-32(35)28-50)45(39)54(46(38)40)43-19-9-18-41-44(43)48(56)53(47(41)55)34-13-6-12-31(25-34)30-10-4-3-5-11-30/h3-26H. The number of anilines is 1. The van der Waals surface area contributed by atoms with Crippen LogP contribution >= 0.6 is 0 Å². The lowest BCUT2D eigenvalue weighted by atomic mass is 9.96. The van der Waals surface area contributed by atoms with E-state index in [0.717, 1.165) is 21.9 Å². The number of fused-ring (bicyclic) bond motifs is 4. The van der Waals surface area contributed by atoms with Gasteiger partial charge in [-0.2, -0.15) is 10.5 Å². The monoisotopic (exact) mass is 716 g/mol. The van der Waals surface area contributed by atoms with Gasteiger partial charge in [-0.3, -0.25) is 9.59 Å². The Hall–Kier alpha value is -8.56. The highest BCUT2D eigenvalue weighted by Gasteiger charge is 2.40. The molecule has 0 atom stereocenters. The van der Waals surface area contributed by atoms with Crippen LogP contribution in [0.1, 0.15) is 31.8 Å². The van der Waals surface area contributed by atoms with Crippen molar-refractivity contribution in [2.75, 3.05) is 4.90 Å². The lowest BCUT2D eigenvalue weighted by Crippen LogP contribution is -2.29. The number of para-hydroxylation sites is 2. The number of aromatic nitrogens is 1. The summed E-state index contributed by atoms with van der Waals surface area (Å²) < 4.78 is 1.96. The zero-order valence-electron chi connectivity index (χ0n) is 29.4. The quantitative estimate of drug-likeness (QED) is 0.131. The summed E-state index contributed by atoms with van der Waals surface area (Å²) in [5.74, 6) is -0.947. The summed E-state index contributed by atoms with van der Waals surface area (Å²) in [5, 5.41) is 21.6. The largest absolute Gasteiger partial charge is 0.307 e. The number of hydrogen-bond donors (Lipinski definition) is 0. The van der Waals surface area contributed by atoms with Gasteiger partial charge in [0.25, 0.3) is 11.8 Å². The molecule has 56 heavy (non-hydrogen) atoms. The van der Waals surface area contributed by atoms with Gasteiger partial charge in [-0.1, -0.05) is 109 Å². The van der Waals surface area contributed by atoms with Crippen molar-refractivity contribution < 1.29 is 9.59 Å². The molecular weight excluding hydrogens is 693 g/mol. The Balaban J connectivity index is 1.37. The van der Waals surface area contributed by atoms with Gasteiger partial charge in [-0.25, -0.2) is 14.6 Å². The lowest BCUT2D eigenvalue weighted by Gasteiger charge is -2.18. The van der Waals surface area contributed by atoms with Crippen LogP contribution in [0.5, 0.6) is 0 Å². The fourth-order valence-electron chi connectivity index (χ4n) is 7.79. The Kier molecular flexibility index (Phi) is 7.81. The molecule has 1 aliphatic heterocycles. The average molecular weight is 717 g/mol. The number of nitrogens with zero attached hydrogens (tertiary/aromatic N) is 6. The molecule has 0 N–H and O–H groups in total. The Labute approximate surface area is 321 Å². The van der Waals surface area contributed by atoms with Gasteiger partial charge < -0.3 is 4.57 Å². The van der Waals surface area contributed by atoms with Crippen LogP contribution in [0.3, 0.4) is 0 Å². The number of rotatable bonds is 5. The first-order chi connectivity index (χ1) is 27.4. The minimum absolute atomic E-state index is 0.208. The molecule has 0 radical (unpaired) electrons. The maximum Gasteiger partial charge on any atom is 0.268 e. The minimum Gasteiger partial charge on any atom is -0.307 e. The van der Waals surface area contributed by atoms with Gasteiger partial charge in [0.2, 0.25) is 0 Å². The lowest BCUT2D eigenvalue weighted by molar-refractivity contribution is 0.0926. The van der Waals surface area contributed by atoms with E-state index >= 15 is 0 Å². The van der Waals surface area contributed by atoms with E-state index < -0.39 is 11.8 Å². The van der Waals surface area contributed by atoms with Crippen LogP contribution in [-0.4, -0.2) is 16.4 Å². The number of carbonyl (C=O) groups is 2. The first-order valence-electron chi connectivity index (χ1n) is 17.5. The summed E-state index contributed by atoms with van der Waals surface area (Å²) in [6.45, 7) is 15.6. The summed E-state index contributed by atoms with van der Waals surface area (Å²) in [6, 6.07) is 48.2. The molecule has 1 aromatic heterocycles. The van der Waals surface area contributed by atoms with Gasteiger partial charge in [0.05, 0.1) is 69.9 Å². The second-order valence-electron chi connectivity index (χ2n) is 13.2. The van der Waals surface area contributed by atoms with E-state index in [-0.39, 0.29) is 16.8 Å². The molecular formula is C48H24N6O2. The molecule has 0 saturated carbocycles.